The molecular formula is C21H42O4. The van der Waals surface area contributed by atoms with Crippen LogP contribution < -0.4 is 0 Å². The molecule has 1 aliphatic rings. The van der Waals surface area contributed by atoms with E-state index in [-0.39, 0.29) is 17.1 Å². The summed E-state index contributed by atoms with van der Waals surface area (Å²) in [7, 11) is 0. The highest BCUT2D eigenvalue weighted by atomic mass is 17.3. The second kappa shape index (κ2) is 9.16. The minimum absolute atomic E-state index is 0.194. The molecule has 3 unspecified atom stereocenters. The van der Waals surface area contributed by atoms with Crippen molar-refractivity contribution in [3.05, 3.63) is 0 Å². The van der Waals surface area contributed by atoms with Gasteiger partial charge in [-0.15, -0.1) is 0 Å². The molecule has 0 N–H and O–H groups in total. The van der Waals surface area contributed by atoms with Gasteiger partial charge < -0.3 is 0 Å². The lowest BCUT2D eigenvalue weighted by molar-refractivity contribution is -0.563. The Morgan fingerprint density at radius 3 is 1.56 bits per heavy atom. The highest BCUT2D eigenvalue weighted by molar-refractivity contribution is 4.87. The quantitative estimate of drug-likeness (QED) is 0.256. The summed E-state index contributed by atoms with van der Waals surface area (Å²) in [6, 6.07) is 0. The summed E-state index contributed by atoms with van der Waals surface area (Å²) in [6.07, 6.45) is 5.52. The zero-order valence-corrected chi connectivity index (χ0v) is 18.1. The molecule has 1 fully saturated rings. The van der Waals surface area contributed by atoms with E-state index in [1.807, 2.05) is 0 Å². The maximum Gasteiger partial charge on any atom is 0.237 e. The predicted octanol–water partition coefficient (Wildman–Crippen LogP) is 6.44. The molecule has 0 aromatic heterocycles. The van der Waals surface area contributed by atoms with Gasteiger partial charge in [0, 0.05) is 12.3 Å². The van der Waals surface area contributed by atoms with E-state index in [0.717, 1.165) is 32.1 Å². The van der Waals surface area contributed by atoms with Crippen LogP contribution in [0.4, 0.5) is 0 Å². The minimum atomic E-state index is -0.853. The summed E-state index contributed by atoms with van der Waals surface area (Å²) in [5, 5.41) is 0. The molecule has 4 nitrogen and oxygen atoms in total. The Balaban J connectivity index is 3.01. The second-order valence-electron chi connectivity index (χ2n) is 8.77. The highest BCUT2D eigenvalue weighted by Crippen LogP contribution is 2.45. The molecule has 25 heavy (non-hydrogen) atoms. The normalized spacial score (nSPS) is 27.5. The lowest BCUT2D eigenvalue weighted by Gasteiger charge is -2.47. The Morgan fingerprint density at radius 2 is 1.20 bits per heavy atom. The third-order valence-corrected chi connectivity index (χ3v) is 6.71. The molecule has 0 saturated heterocycles. The van der Waals surface area contributed by atoms with Gasteiger partial charge in [0.1, 0.15) is 11.2 Å². The smallest absolute Gasteiger partial charge is 0.227 e. The van der Waals surface area contributed by atoms with Crippen molar-refractivity contribution in [2.75, 3.05) is 0 Å². The molecule has 0 radical (unpaired) electrons. The molecule has 150 valence electrons. The average Bonchev–Trinajstić information content (AvgIpc) is 2.61. The van der Waals surface area contributed by atoms with Gasteiger partial charge in [-0.2, -0.15) is 9.78 Å². The molecule has 0 heterocycles. The third-order valence-electron chi connectivity index (χ3n) is 6.71. The molecule has 0 aromatic rings. The molecule has 1 saturated carbocycles. The van der Waals surface area contributed by atoms with Gasteiger partial charge >= 0.3 is 0 Å². The fraction of sp³-hybridized carbons (Fsp3) is 1.00. The van der Waals surface area contributed by atoms with E-state index in [1.54, 1.807) is 0 Å². The Labute approximate surface area is 155 Å². The fourth-order valence-corrected chi connectivity index (χ4v) is 3.34. The van der Waals surface area contributed by atoms with Crippen molar-refractivity contribution >= 4 is 0 Å². The largest absolute Gasteiger partial charge is 0.237 e. The minimum Gasteiger partial charge on any atom is -0.227 e. The van der Waals surface area contributed by atoms with E-state index in [4.69, 9.17) is 19.6 Å². The van der Waals surface area contributed by atoms with Crippen LogP contribution in [-0.2, 0) is 19.6 Å². The summed E-state index contributed by atoms with van der Waals surface area (Å²) in [5.74, 6) is 0.330. The topological polar surface area (TPSA) is 36.9 Å². The SMILES string of the molecule is CCC(C)(CC)OOC1(OOC(C)(CC)CC)CC(C)CC(C)C1C. The van der Waals surface area contributed by atoms with Crippen molar-refractivity contribution < 1.29 is 19.6 Å². The van der Waals surface area contributed by atoms with Gasteiger partial charge in [-0.1, -0.05) is 48.5 Å². The zero-order chi connectivity index (χ0) is 19.3. The molecule has 0 aromatic carbocycles. The lowest BCUT2D eigenvalue weighted by Crippen LogP contribution is -2.52. The first-order chi connectivity index (χ1) is 11.6. The molecule has 0 spiro atoms. The van der Waals surface area contributed by atoms with E-state index < -0.39 is 5.79 Å². The van der Waals surface area contributed by atoms with Crippen LogP contribution in [0.5, 0.6) is 0 Å². The summed E-state index contributed by atoms with van der Waals surface area (Å²) in [5.41, 5.74) is -0.613. The van der Waals surface area contributed by atoms with Gasteiger partial charge in [0.05, 0.1) is 0 Å². The first-order valence-corrected chi connectivity index (χ1v) is 10.3. The molecule has 1 rings (SSSR count). The monoisotopic (exact) mass is 358 g/mol. The van der Waals surface area contributed by atoms with Crippen LogP contribution in [0.15, 0.2) is 0 Å². The first-order valence-electron chi connectivity index (χ1n) is 10.3. The highest BCUT2D eigenvalue weighted by Gasteiger charge is 2.50. The summed E-state index contributed by atoms with van der Waals surface area (Å²) < 4.78 is 0. The second-order valence-corrected chi connectivity index (χ2v) is 8.77. The third kappa shape index (κ3) is 5.66. The number of hydrogen-bond acceptors (Lipinski definition) is 4. The van der Waals surface area contributed by atoms with Crippen LogP contribution in [0.3, 0.4) is 0 Å². The molecule has 3 atom stereocenters. The summed E-state index contributed by atoms with van der Waals surface area (Å²) in [4.78, 5) is 24.1. The molecular weight excluding hydrogens is 316 g/mol. The van der Waals surface area contributed by atoms with Gasteiger partial charge in [0.2, 0.25) is 5.79 Å². The predicted molar refractivity (Wildman–Crippen MR) is 102 cm³/mol. The van der Waals surface area contributed by atoms with Crippen LogP contribution in [-0.4, -0.2) is 17.0 Å². The van der Waals surface area contributed by atoms with E-state index >= 15 is 0 Å². The van der Waals surface area contributed by atoms with Crippen LogP contribution in [0.1, 0.15) is 101 Å². The number of hydrogen-bond donors (Lipinski definition) is 0. The zero-order valence-electron chi connectivity index (χ0n) is 18.1. The van der Waals surface area contributed by atoms with Crippen molar-refractivity contribution in [1.82, 2.24) is 0 Å². The van der Waals surface area contributed by atoms with Crippen LogP contribution >= 0.6 is 0 Å². The van der Waals surface area contributed by atoms with E-state index in [0.29, 0.717) is 11.8 Å². The lowest BCUT2D eigenvalue weighted by atomic mass is 9.72. The van der Waals surface area contributed by atoms with Crippen LogP contribution in [0.2, 0.25) is 0 Å². The molecule has 0 amide bonds. The van der Waals surface area contributed by atoms with Gasteiger partial charge in [-0.25, -0.2) is 9.78 Å². The maximum atomic E-state index is 6.11. The van der Waals surface area contributed by atoms with Gasteiger partial charge in [0.15, 0.2) is 0 Å². The standard InChI is InChI=1S/C21H42O4/c1-10-19(8,11-2)22-24-21(25-23-20(9,12-3)13-4)15-16(5)14-17(6)18(21)7/h16-18H,10-15H2,1-9H3. The van der Waals surface area contributed by atoms with Gasteiger partial charge in [-0.05, 0) is 57.8 Å². The van der Waals surface area contributed by atoms with E-state index in [1.165, 1.54) is 6.42 Å². The van der Waals surface area contributed by atoms with Crippen LogP contribution in [0.25, 0.3) is 0 Å². The molecule has 1 aliphatic carbocycles. The Kier molecular flexibility index (Phi) is 8.39. The van der Waals surface area contributed by atoms with Crippen molar-refractivity contribution in [3.8, 4) is 0 Å². The van der Waals surface area contributed by atoms with Gasteiger partial charge in [-0.3, -0.25) is 0 Å². The maximum absolute atomic E-state index is 6.11. The van der Waals surface area contributed by atoms with E-state index in [9.17, 15) is 0 Å². The molecule has 4 heteroatoms. The Hall–Kier alpha value is -0.160. The van der Waals surface area contributed by atoms with Gasteiger partial charge in [0.25, 0.3) is 0 Å². The van der Waals surface area contributed by atoms with Crippen LogP contribution in [0, 0.1) is 17.8 Å². The van der Waals surface area contributed by atoms with Crippen molar-refractivity contribution in [2.45, 2.75) is 118 Å². The Morgan fingerprint density at radius 1 is 0.800 bits per heavy atom. The van der Waals surface area contributed by atoms with Crippen molar-refractivity contribution in [1.29, 1.82) is 0 Å². The Bertz CT molecular complexity index is 365. The fourth-order valence-electron chi connectivity index (χ4n) is 3.34. The average molecular weight is 359 g/mol. The summed E-state index contributed by atoms with van der Waals surface area (Å²) in [6.45, 7) is 19.4. The first kappa shape index (κ1) is 22.9. The molecule has 0 bridgehead atoms. The van der Waals surface area contributed by atoms with Crippen molar-refractivity contribution in [2.24, 2.45) is 17.8 Å². The van der Waals surface area contributed by atoms with E-state index in [2.05, 4.69) is 62.3 Å². The number of rotatable bonds is 10. The summed E-state index contributed by atoms with van der Waals surface area (Å²) >= 11 is 0. The molecule has 0 aliphatic heterocycles. The van der Waals surface area contributed by atoms with Crippen molar-refractivity contribution in [3.63, 3.8) is 0 Å².